The summed E-state index contributed by atoms with van der Waals surface area (Å²) in [6, 6.07) is 0.456. The van der Waals surface area contributed by atoms with Crippen molar-refractivity contribution in [3.05, 3.63) is 0 Å². The Labute approximate surface area is 98.6 Å². The van der Waals surface area contributed by atoms with E-state index in [2.05, 4.69) is 24.1 Å². The Morgan fingerprint density at radius 1 is 1.50 bits per heavy atom. The average Bonchev–Trinajstić information content (AvgIpc) is 2.75. The molecule has 2 saturated heterocycles. The third-order valence-electron chi connectivity index (χ3n) is 4.42. The highest BCUT2D eigenvalue weighted by atomic mass is 16.2. The SMILES string of the molecule is CCC1(C(=O)N2CCCC2C)CCCNC1. The highest BCUT2D eigenvalue weighted by Gasteiger charge is 2.42. The van der Waals surface area contributed by atoms with Gasteiger partial charge in [-0.2, -0.15) is 0 Å². The van der Waals surface area contributed by atoms with Gasteiger partial charge in [0.25, 0.3) is 0 Å². The van der Waals surface area contributed by atoms with Gasteiger partial charge in [0.1, 0.15) is 0 Å². The zero-order chi connectivity index (χ0) is 11.6. The van der Waals surface area contributed by atoms with Crippen LogP contribution in [0.3, 0.4) is 0 Å². The zero-order valence-corrected chi connectivity index (χ0v) is 10.6. The highest BCUT2D eigenvalue weighted by molar-refractivity contribution is 5.83. The molecular weight excluding hydrogens is 200 g/mol. The van der Waals surface area contributed by atoms with E-state index < -0.39 is 0 Å². The Hall–Kier alpha value is -0.570. The molecule has 2 rings (SSSR count). The van der Waals surface area contributed by atoms with Crippen molar-refractivity contribution < 1.29 is 4.79 Å². The molecule has 0 aromatic heterocycles. The van der Waals surface area contributed by atoms with E-state index in [1.165, 1.54) is 12.8 Å². The lowest BCUT2D eigenvalue weighted by Gasteiger charge is -2.39. The Kier molecular flexibility index (Phi) is 3.53. The summed E-state index contributed by atoms with van der Waals surface area (Å²) in [5.74, 6) is 0.409. The molecule has 2 heterocycles. The maximum absolute atomic E-state index is 12.6. The Morgan fingerprint density at radius 2 is 2.31 bits per heavy atom. The predicted molar refractivity (Wildman–Crippen MR) is 65.2 cm³/mol. The van der Waals surface area contributed by atoms with E-state index >= 15 is 0 Å². The Morgan fingerprint density at radius 3 is 2.81 bits per heavy atom. The second kappa shape index (κ2) is 4.74. The van der Waals surface area contributed by atoms with Crippen molar-refractivity contribution in [2.24, 2.45) is 5.41 Å². The minimum atomic E-state index is -0.100. The third-order valence-corrected chi connectivity index (χ3v) is 4.42. The lowest BCUT2D eigenvalue weighted by molar-refractivity contribution is -0.144. The number of amides is 1. The van der Waals surface area contributed by atoms with Gasteiger partial charge in [-0.05, 0) is 45.6 Å². The largest absolute Gasteiger partial charge is 0.339 e. The van der Waals surface area contributed by atoms with Crippen molar-refractivity contribution in [2.75, 3.05) is 19.6 Å². The van der Waals surface area contributed by atoms with Gasteiger partial charge in [0.15, 0.2) is 0 Å². The molecule has 0 bridgehead atoms. The van der Waals surface area contributed by atoms with Crippen molar-refractivity contribution in [1.82, 2.24) is 10.2 Å². The van der Waals surface area contributed by atoms with E-state index in [0.717, 1.165) is 38.9 Å². The zero-order valence-electron chi connectivity index (χ0n) is 10.6. The molecule has 0 saturated carbocycles. The van der Waals surface area contributed by atoms with Crippen molar-refractivity contribution in [2.45, 2.75) is 52.0 Å². The summed E-state index contributed by atoms with van der Waals surface area (Å²) >= 11 is 0. The molecule has 2 atom stereocenters. The van der Waals surface area contributed by atoms with Crippen LogP contribution in [0.25, 0.3) is 0 Å². The van der Waals surface area contributed by atoms with E-state index in [-0.39, 0.29) is 5.41 Å². The normalized spacial score (nSPS) is 35.4. The number of rotatable bonds is 2. The van der Waals surface area contributed by atoms with Crippen molar-refractivity contribution in [3.63, 3.8) is 0 Å². The Bertz CT molecular complexity index is 259. The first-order chi connectivity index (χ1) is 7.69. The standard InChI is InChI=1S/C13H24N2O/c1-3-13(7-5-8-14-10-13)12(16)15-9-4-6-11(15)2/h11,14H,3-10H2,1-2H3. The van der Waals surface area contributed by atoms with Gasteiger partial charge in [-0.3, -0.25) is 4.79 Å². The number of carbonyl (C=O) groups is 1. The monoisotopic (exact) mass is 224 g/mol. The summed E-state index contributed by atoms with van der Waals surface area (Å²) in [6.07, 6.45) is 5.54. The summed E-state index contributed by atoms with van der Waals surface area (Å²) in [6.45, 7) is 7.27. The van der Waals surface area contributed by atoms with E-state index in [1.54, 1.807) is 0 Å². The number of hydrogen-bond acceptors (Lipinski definition) is 2. The third kappa shape index (κ3) is 1.97. The highest BCUT2D eigenvalue weighted by Crippen LogP contribution is 2.34. The molecule has 2 fully saturated rings. The van der Waals surface area contributed by atoms with Crippen LogP contribution in [0.1, 0.15) is 46.0 Å². The fourth-order valence-electron chi connectivity index (χ4n) is 3.14. The topological polar surface area (TPSA) is 32.3 Å². The molecule has 3 nitrogen and oxygen atoms in total. The Balaban J connectivity index is 2.10. The number of hydrogen-bond donors (Lipinski definition) is 1. The van der Waals surface area contributed by atoms with Gasteiger partial charge in [0.05, 0.1) is 5.41 Å². The number of likely N-dealkylation sites (tertiary alicyclic amines) is 1. The first-order valence-corrected chi connectivity index (χ1v) is 6.71. The van der Waals surface area contributed by atoms with E-state index in [0.29, 0.717) is 11.9 Å². The fraction of sp³-hybridized carbons (Fsp3) is 0.923. The molecule has 0 spiro atoms. The fourth-order valence-corrected chi connectivity index (χ4v) is 3.14. The van der Waals surface area contributed by atoms with Gasteiger partial charge in [0.2, 0.25) is 5.91 Å². The van der Waals surface area contributed by atoms with Crippen molar-refractivity contribution in [3.8, 4) is 0 Å². The van der Waals surface area contributed by atoms with Gasteiger partial charge in [-0.25, -0.2) is 0 Å². The van der Waals surface area contributed by atoms with Gasteiger partial charge in [-0.1, -0.05) is 6.92 Å². The number of nitrogens with one attached hydrogen (secondary N) is 1. The van der Waals surface area contributed by atoms with Crippen LogP contribution in [0.4, 0.5) is 0 Å². The first kappa shape index (κ1) is 11.9. The van der Waals surface area contributed by atoms with Crippen molar-refractivity contribution >= 4 is 5.91 Å². The smallest absolute Gasteiger partial charge is 0.230 e. The van der Waals surface area contributed by atoms with E-state index in [1.807, 2.05) is 0 Å². The van der Waals surface area contributed by atoms with Gasteiger partial charge < -0.3 is 10.2 Å². The van der Waals surface area contributed by atoms with Crippen LogP contribution in [0, 0.1) is 5.41 Å². The van der Waals surface area contributed by atoms with Gasteiger partial charge >= 0.3 is 0 Å². The van der Waals surface area contributed by atoms with Crippen LogP contribution in [0.2, 0.25) is 0 Å². The minimum Gasteiger partial charge on any atom is -0.339 e. The van der Waals surface area contributed by atoms with Crippen molar-refractivity contribution in [1.29, 1.82) is 0 Å². The second-order valence-electron chi connectivity index (χ2n) is 5.40. The molecule has 0 radical (unpaired) electrons. The molecule has 16 heavy (non-hydrogen) atoms. The molecule has 2 unspecified atom stereocenters. The summed E-state index contributed by atoms with van der Waals surface area (Å²) in [4.78, 5) is 14.8. The van der Waals surface area contributed by atoms with Crippen LogP contribution in [0.15, 0.2) is 0 Å². The second-order valence-corrected chi connectivity index (χ2v) is 5.40. The summed E-state index contributed by atoms with van der Waals surface area (Å²) < 4.78 is 0. The molecule has 0 aromatic carbocycles. The first-order valence-electron chi connectivity index (χ1n) is 6.71. The quantitative estimate of drug-likeness (QED) is 0.775. The number of piperidine rings is 1. The molecule has 1 N–H and O–H groups in total. The van der Waals surface area contributed by atoms with Crippen LogP contribution in [-0.4, -0.2) is 36.5 Å². The van der Waals surface area contributed by atoms with Crippen LogP contribution in [0.5, 0.6) is 0 Å². The molecule has 0 aliphatic carbocycles. The van der Waals surface area contributed by atoms with Crippen LogP contribution < -0.4 is 5.32 Å². The van der Waals surface area contributed by atoms with Crippen LogP contribution >= 0.6 is 0 Å². The van der Waals surface area contributed by atoms with Gasteiger partial charge in [-0.15, -0.1) is 0 Å². The number of carbonyl (C=O) groups excluding carboxylic acids is 1. The molecule has 2 aliphatic heterocycles. The summed E-state index contributed by atoms with van der Waals surface area (Å²) in [7, 11) is 0. The van der Waals surface area contributed by atoms with E-state index in [4.69, 9.17) is 0 Å². The molecule has 3 heteroatoms. The molecule has 92 valence electrons. The molecular formula is C13H24N2O. The summed E-state index contributed by atoms with van der Waals surface area (Å²) in [5.41, 5.74) is -0.100. The number of nitrogens with zero attached hydrogens (tertiary/aromatic N) is 1. The predicted octanol–water partition coefficient (Wildman–Crippen LogP) is 1.78. The molecule has 0 aromatic rings. The average molecular weight is 224 g/mol. The molecule has 2 aliphatic rings. The van der Waals surface area contributed by atoms with E-state index in [9.17, 15) is 4.79 Å². The molecule has 1 amide bonds. The minimum absolute atomic E-state index is 0.100. The summed E-state index contributed by atoms with van der Waals surface area (Å²) in [5, 5.41) is 3.40. The lowest BCUT2D eigenvalue weighted by Crippen LogP contribution is -2.52. The maximum atomic E-state index is 12.6. The lowest BCUT2D eigenvalue weighted by atomic mass is 9.77. The van der Waals surface area contributed by atoms with Gasteiger partial charge in [0, 0.05) is 19.1 Å². The van der Waals surface area contributed by atoms with Crippen LogP contribution in [-0.2, 0) is 4.79 Å². The maximum Gasteiger partial charge on any atom is 0.230 e.